The van der Waals surface area contributed by atoms with E-state index in [2.05, 4.69) is 4.72 Å². The fourth-order valence-corrected chi connectivity index (χ4v) is 3.20. The summed E-state index contributed by atoms with van der Waals surface area (Å²) in [7, 11) is -3.23. The maximum absolute atomic E-state index is 11.9. The number of hydrogen-bond donors (Lipinski definition) is 2. The monoisotopic (exact) mass is 268 g/mol. The van der Waals surface area contributed by atoms with Gasteiger partial charge in [-0.3, -0.25) is 0 Å². The minimum Gasteiger partial charge on any atom is -0.399 e. The zero-order chi connectivity index (χ0) is 13.3. The molecule has 1 aromatic rings. The molecule has 1 aliphatic rings. The Labute approximate surface area is 109 Å². The predicted molar refractivity (Wildman–Crippen MR) is 73.7 cm³/mol. The molecule has 2 rings (SSSR count). The van der Waals surface area contributed by atoms with E-state index in [0.717, 1.165) is 36.1 Å². The first-order valence-corrected chi connectivity index (χ1v) is 7.84. The Kier molecular flexibility index (Phi) is 3.64. The van der Waals surface area contributed by atoms with Crippen LogP contribution in [0.1, 0.15) is 43.9 Å². The van der Waals surface area contributed by atoms with E-state index in [1.807, 2.05) is 18.2 Å². The van der Waals surface area contributed by atoms with Crippen LogP contribution in [0.3, 0.4) is 0 Å². The van der Waals surface area contributed by atoms with Crippen molar-refractivity contribution in [2.75, 3.05) is 5.73 Å². The molecule has 4 nitrogen and oxygen atoms in total. The van der Waals surface area contributed by atoms with Gasteiger partial charge in [0.25, 0.3) is 0 Å². The highest BCUT2D eigenvalue weighted by Gasteiger charge is 2.26. The maximum Gasteiger partial charge on any atom is 0.214 e. The Morgan fingerprint density at radius 2 is 2.11 bits per heavy atom. The number of rotatable bonds is 3. The van der Waals surface area contributed by atoms with Gasteiger partial charge in [0.1, 0.15) is 0 Å². The largest absolute Gasteiger partial charge is 0.399 e. The van der Waals surface area contributed by atoms with Gasteiger partial charge in [-0.2, -0.15) is 0 Å². The molecule has 1 aliphatic carbocycles. The van der Waals surface area contributed by atoms with Gasteiger partial charge in [0.05, 0.1) is 5.25 Å². The highest BCUT2D eigenvalue weighted by Crippen LogP contribution is 2.31. The minimum atomic E-state index is -3.23. The van der Waals surface area contributed by atoms with Gasteiger partial charge in [0, 0.05) is 11.7 Å². The number of nitrogens with two attached hydrogens (primary N) is 1. The van der Waals surface area contributed by atoms with Crippen LogP contribution >= 0.6 is 0 Å². The first kappa shape index (κ1) is 13.4. The average Bonchev–Trinajstić information content (AvgIpc) is 2.28. The van der Waals surface area contributed by atoms with E-state index >= 15 is 0 Å². The van der Waals surface area contributed by atoms with E-state index in [0.29, 0.717) is 0 Å². The summed E-state index contributed by atoms with van der Waals surface area (Å²) in [4.78, 5) is 0. The summed E-state index contributed by atoms with van der Waals surface area (Å²) < 4.78 is 26.7. The molecule has 5 heteroatoms. The third-order valence-electron chi connectivity index (χ3n) is 3.41. The topological polar surface area (TPSA) is 72.2 Å². The second-order valence-electron chi connectivity index (χ2n) is 5.11. The fraction of sp³-hybridized carbons (Fsp3) is 0.538. The summed E-state index contributed by atoms with van der Waals surface area (Å²) in [5.41, 5.74) is 8.73. The lowest BCUT2D eigenvalue weighted by atomic mass is 9.88. The molecular weight excluding hydrogens is 248 g/mol. The molecule has 0 aromatic heterocycles. The number of benzene rings is 1. The number of anilines is 1. The van der Waals surface area contributed by atoms with E-state index < -0.39 is 15.3 Å². The van der Waals surface area contributed by atoms with E-state index in [1.54, 1.807) is 13.8 Å². The molecule has 100 valence electrons. The lowest BCUT2D eigenvalue weighted by molar-refractivity contribution is 0.503. The highest BCUT2D eigenvalue weighted by molar-refractivity contribution is 7.90. The second-order valence-corrected chi connectivity index (χ2v) is 7.38. The van der Waals surface area contributed by atoms with Crippen LogP contribution in [-0.2, 0) is 16.4 Å². The number of hydrogen-bond acceptors (Lipinski definition) is 3. The number of sulfonamides is 1. The van der Waals surface area contributed by atoms with E-state index in [9.17, 15) is 8.42 Å². The predicted octanol–water partition coefficient (Wildman–Crippen LogP) is 1.97. The van der Waals surface area contributed by atoms with Gasteiger partial charge >= 0.3 is 0 Å². The van der Waals surface area contributed by atoms with Crippen LogP contribution in [0.25, 0.3) is 0 Å². The number of nitrogens with one attached hydrogen (secondary N) is 1. The van der Waals surface area contributed by atoms with Gasteiger partial charge in [-0.05, 0) is 56.4 Å². The summed E-state index contributed by atoms with van der Waals surface area (Å²) in [6.07, 6.45) is 2.81. The quantitative estimate of drug-likeness (QED) is 0.823. The van der Waals surface area contributed by atoms with Gasteiger partial charge in [-0.15, -0.1) is 0 Å². The van der Waals surface area contributed by atoms with E-state index in [4.69, 9.17) is 5.73 Å². The lowest BCUT2D eigenvalue weighted by Gasteiger charge is -2.27. The van der Waals surface area contributed by atoms with Crippen LogP contribution in [0.15, 0.2) is 18.2 Å². The molecule has 0 fully saturated rings. The third-order valence-corrected chi connectivity index (χ3v) is 5.26. The van der Waals surface area contributed by atoms with Crippen LogP contribution in [-0.4, -0.2) is 13.7 Å². The van der Waals surface area contributed by atoms with Crippen molar-refractivity contribution in [2.45, 2.75) is 44.4 Å². The normalized spacial score (nSPS) is 19.8. The molecule has 0 heterocycles. The van der Waals surface area contributed by atoms with Crippen LogP contribution in [0.4, 0.5) is 5.69 Å². The molecule has 0 saturated heterocycles. The molecule has 0 spiro atoms. The second kappa shape index (κ2) is 4.90. The molecule has 3 N–H and O–H groups in total. The van der Waals surface area contributed by atoms with Crippen LogP contribution in [0.2, 0.25) is 0 Å². The number of nitrogen functional groups attached to an aromatic ring is 1. The summed E-state index contributed by atoms with van der Waals surface area (Å²) in [5.74, 6) is 0. The summed E-state index contributed by atoms with van der Waals surface area (Å²) in [6.45, 7) is 3.38. The smallest absolute Gasteiger partial charge is 0.214 e. The van der Waals surface area contributed by atoms with Gasteiger partial charge in [-0.1, -0.05) is 6.07 Å². The van der Waals surface area contributed by atoms with Crippen molar-refractivity contribution in [3.63, 3.8) is 0 Å². The van der Waals surface area contributed by atoms with Crippen LogP contribution in [0.5, 0.6) is 0 Å². The van der Waals surface area contributed by atoms with Crippen molar-refractivity contribution in [2.24, 2.45) is 0 Å². The molecule has 0 aliphatic heterocycles. The molecule has 0 saturated carbocycles. The van der Waals surface area contributed by atoms with Gasteiger partial charge < -0.3 is 5.73 Å². The van der Waals surface area contributed by atoms with Crippen molar-refractivity contribution < 1.29 is 8.42 Å². The number of aryl methyl sites for hydroxylation is 1. The Hall–Kier alpha value is -1.07. The van der Waals surface area contributed by atoms with Crippen LogP contribution in [0, 0.1) is 0 Å². The van der Waals surface area contributed by atoms with Crippen molar-refractivity contribution in [3.8, 4) is 0 Å². The standard InChI is InChI=1S/C13H20N2O2S/c1-9(2)18(16,17)15-13-5-3-4-10-8-11(14)6-7-12(10)13/h6-9,13,15H,3-5,14H2,1-2H3. The minimum absolute atomic E-state index is 0.109. The zero-order valence-corrected chi connectivity index (χ0v) is 11.6. The Bertz CT molecular complexity index is 538. The molecule has 1 atom stereocenters. The van der Waals surface area contributed by atoms with Crippen LogP contribution < -0.4 is 10.5 Å². The van der Waals surface area contributed by atoms with E-state index in [-0.39, 0.29) is 6.04 Å². The first-order chi connectivity index (χ1) is 8.40. The summed E-state index contributed by atoms with van der Waals surface area (Å²) in [5, 5.41) is -0.406. The Morgan fingerprint density at radius 3 is 2.78 bits per heavy atom. The van der Waals surface area contributed by atoms with E-state index in [1.165, 1.54) is 0 Å². The third kappa shape index (κ3) is 2.67. The Balaban J connectivity index is 2.29. The van der Waals surface area contributed by atoms with Gasteiger partial charge in [0.15, 0.2) is 0 Å². The Morgan fingerprint density at radius 1 is 1.39 bits per heavy atom. The lowest BCUT2D eigenvalue weighted by Crippen LogP contribution is -2.35. The highest BCUT2D eigenvalue weighted by atomic mass is 32.2. The molecule has 1 unspecified atom stereocenters. The SMILES string of the molecule is CC(C)S(=O)(=O)NC1CCCc2cc(N)ccc21. The maximum atomic E-state index is 11.9. The molecule has 18 heavy (non-hydrogen) atoms. The molecular formula is C13H20N2O2S. The van der Waals surface area contributed by atoms with Crippen molar-refractivity contribution in [1.29, 1.82) is 0 Å². The average molecular weight is 268 g/mol. The summed E-state index contributed by atoms with van der Waals surface area (Å²) in [6, 6.07) is 5.62. The fourth-order valence-electron chi connectivity index (χ4n) is 2.29. The molecule has 0 amide bonds. The molecule has 1 aromatic carbocycles. The van der Waals surface area contributed by atoms with Crippen molar-refractivity contribution in [1.82, 2.24) is 4.72 Å². The first-order valence-electron chi connectivity index (χ1n) is 6.29. The van der Waals surface area contributed by atoms with Crippen molar-refractivity contribution >= 4 is 15.7 Å². The molecule has 0 bridgehead atoms. The number of fused-ring (bicyclic) bond motifs is 1. The molecule has 0 radical (unpaired) electrons. The zero-order valence-electron chi connectivity index (χ0n) is 10.8. The van der Waals surface area contributed by atoms with Gasteiger partial charge in [0.2, 0.25) is 10.0 Å². The van der Waals surface area contributed by atoms with Gasteiger partial charge in [-0.25, -0.2) is 13.1 Å². The van der Waals surface area contributed by atoms with Crippen molar-refractivity contribution in [3.05, 3.63) is 29.3 Å². The summed E-state index contributed by atoms with van der Waals surface area (Å²) >= 11 is 0.